The molecule has 1 aromatic rings. The highest BCUT2D eigenvalue weighted by molar-refractivity contribution is 7.89. The van der Waals surface area contributed by atoms with Gasteiger partial charge in [0.2, 0.25) is 10.0 Å². The van der Waals surface area contributed by atoms with E-state index < -0.39 is 10.0 Å². The summed E-state index contributed by atoms with van der Waals surface area (Å²) < 4.78 is 22.1. The maximum Gasteiger partial charge on any atom is 0.210 e. The second-order valence-corrected chi connectivity index (χ2v) is 8.08. The lowest BCUT2D eigenvalue weighted by Crippen LogP contribution is -2.41. The molecule has 1 saturated carbocycles. The monoisotopic (exact) mass is 352 g/mol. The summed E-state index contributed by atoms with van der Waals surface area (Å²) in [6.07, 6.45) is 4.72. The first kappa shape index (κ1) is 18.7. The van der Waals surface area contributed by atoms with Crippen molar-refractivity contribution >= 4 is 16.0 Å². The SMILES string of the molecule is CCNC(=NCC1(c2ccccc2)CCCC1)NCCS(N)(=O)=O. The van der Waals surface area contributed by atoms with Crippen molar-refractivity contribution in [2.45, 2.75) is 38.0 Å². The average Bonchev–Trinajstić information content (AvgIpc) is 3.02. The van der Waals surface area contributed by atoms with Crippen LogP contribution in [0, 0.1) is 0 Å². The Kier molecular flexibility index (Phi) is 6.62. The molecule has 0 heterocycles. The summed E-state index contributed by atoms with van der Waals surface area (Å²) in [6.45, 7) is 3.66. The van der Waals surface area contributed by atoms with E-state index in [9.17, 15) is 8.42 Å². The van der Waals surface area contributed by atoms with Gasteiger partial charge in [-0.2, -0.15) is 0 Å². The molecule has 0 radical (unpaired) electrons. The molecule has 0 atom stereocenters. The number of nitrogens with two attached hydrogens (primary N) is 1. The summed E-state index contributed by atoms with van der Waals surface area (Å²) in [4.78, 5) is 4.72. The Hall–Kier alpha value is -1.60. The number of hydrogen-bond acceptors (Lipinski definition) is 3. The van der Waals surface area contributed by atoms with Gasteiger partial charge in [-0.1, -0.05) is 43.2 Å². The molecule has 6 nitrogen and oxygen atoms in total. The Labute approximate surface area is 145 Å². The van der Waals surface area contributed by atoms with Crippen LogP contribution in [0.15, 0.2) is 35.3 Å². The third-order valence-corrected chi connectivity index (χ3v) is 5.28. The summed E-state index contributed by atoms with van der Waals surface area (Å²) in [5.74, 6) is 0.532. The molecular formula is C17H28N4O2S. The van der Waals surface area contributed by atoms with Gasteiger partial charge in [-0.3, -0.25) is 4.99 Å². The Balaban J connectivity index is 2.07. The lowest BCUT2D eigenvalue weighted by Gasteiger charge is -2.28. The predicted octanol–water partition coefficient (Wildman–Crippen LogP) is 1.34. The molecule has 1 aliphatic carbocycles. The number of nitrogens with one attached hydrogen (secondary N) is 2. The first-order valence-electron chi connectivity index (χ1n) is 8.53. The summed E-state index contributed by atoms with van der Waals surface area (Å²) in [5.41, 5.74) is 1.43. The van der Waals surface area contributed by atoms with Crippen LogP contribution in [0.1, 0.15) is 38.2 Å². The molecule has 24 heavy (non-hydrogen) atoms. The summed E-state index contributed by atoms with van der Waals surface area (Å²) in [6, 6.07) is 10.6. The van der Waals surface area contributed by atoms with Crippen molar-refractivity contribution in [2.75, 3.05) is 25.4 Å². The van der Waals surface area contributed by atoms with Crippen LogP contribution >= 0.6 is 0 Å². The summed E-state index contributed by atoms with van der Waals surface area (Å²) in [5, 5.41) is 11.3. The number of aliphatic imine (C=N–C) groups is 1. The van der Waals surface area contributed by atoms with Gasteiger partial charge in [0.1, 0.15) is 0 Å². The molecule has 0 aliphatic heterocycles. The Morgan fingerprint density at radius 3 is 2.46 bits per heavy atom. The van der Waals surface area contributed by atoms with Crippen molar-refractivity contribution in [3.05, 3.63) is 35.9 Å². The topological polar surface area (TPSA) is 96.6 Å². The molecule has 7 heteroatoms. The normalized spacial score (nSPS) is 17.7. The fourth-order valence-corrected chi connectivity index (χ4v) is 3.65. The van der Waals surface area contributed by atoms with Gasteiger partial charge in [-0.15, -0.1) is 0 Å². The summed E-state index contributed by atoms with van der Waals surface area (Å²) >= 11 is 0. The first-order chi connectivity index (χ1) is 11.5. The molecule has 2 rings (SSSR count). The second-order valence-electron chi connectivity index (χ2n) is 6.34. The minimum atomic E-state index is -3.47. The molecule has 0 aromatic heterocycles. The maximum absolute atomic E-state index is 11.1. The van der Waals surface area contributed by atoms with Crippen LogP contribution in [0.4, 0.5) is 0 Å². The molecule has 1 fully saturated rings. The number of sulfonamides is 1. The molecule has 1 aliphatic rings. The van der Waals surface area contributed by atoms with Crippen molar-refractivity contribution in [2.24, 2.45) is 10.1 Å². The van der Waals surface area contributed by atoms with Gasteiger partial charge in [0, 0.05) is 18.5 Å². The molecule has 1 aromatic carbocycles. The Bertz CT molecular complexity index is 638. The van der Waals surface area contributed by atoms with E-state index in [0.717, 1.165) is 19.4 Å². The van der Waals surface area contributed by atoms with E-state index >= 15 is 0 Å². The lowest BCUT2D eigenvalue weighted by atomic mass is 9.79. The van der Waals surface area contributed by atoms with E-state index in [1.165, 1.54) is 18.4 Å². The summed E-state index contributed by atoms with van der Waals surface area (Å²) in [7, 11) is -3.47. The van der Waals surface area contributed by atoms with Gasteiger partial charge >= 0.3 is 0 Å². The van der Waals surface area contributed by atoms with Gasteiger partial charge in [-0.25, -0.2) is 13.6 Å². The van der Waals surface area contributed by atoms with Crippen LogP contribution in [0.25, 0.3) is 0 Å². The standard InChI is InChI=1S/C17H28N4O2S/c1-2-19-16(20-12-13-24(18,22)23)21-14-17(10-6-7-11-17)15-8-4-3-5-9-15/h3-5,8-9H,2,6-7,10-14H2,1H3,(H2,18,22,23)(H2,19,20,21). The van der Waals surface area contributed by atoms with Crippen LogP contribution in [0.2, 0.25) is 0 Å². The van der Waals surface area contributed by atoms with Crippen LogP contribution < -0.4 is 15.8 Å². The first-order valence-corrected chi connectivity index (χ1v) is 10.2. The molecular weight excluding hydrogens is 324 g/mol. The Morgan fingerprint density at radius 1 is 1.21 bits per heavy atom. The predicted molar refractivity (Wildman–Crippen MR) is 98.5 cm³/mol. The van der Waals surface area contributed by atoms with E-state index in [-0.39, 0.29) is 17.7 Å². The van der Waals surface area contributed by atoms with E-state index in [4.69, 9.17) is 10.1 Å². The average molecular weight is 353 g/mol. The van der Waals surface area contributed by atoms with Gasteiger partial charge in [0.15, 0.2) is 5.96 Å². The van der Waals surface area contributed by atoms with Crippen LogP contribution in [0.3, 0.4) is 0 Å². The van der Waals surface area contributed by atoms with Gasteiger partial charge < -0.3 is 10.6 Å². The number of nitrogens with zero attached hydrogens (tertiary/aromatic N) is 1. The lowest BCUT2D eigenvalue weighted by molar-refractivity contribution is 0.452. The molecule has 0 spiro atoms. The van der Waals surface area contributed by atoms with E-state index in [1.807, 2.05) is 13.0 Å². The van der Waals surface area contributed by atoms with Crippen LogP contribution in [0.5, 0.6) is 0 Å². The highest BCUT2D eigenvalue weighted by Gasteiger charge is 2.35. The van der Waals surface area contributed by atoms with Crippen molar-refractivity contribution in [3.8, 4) is 0 Å². The smallest absolute Gasteiger partial charge is 0.210 e. The van der Waals surface area contributed by atoms with Crippen LogP contribution in [-0.2, 0) is 15.4 Å². The highest BCUT2D eigenvalue weighted by Crippen LogP contribution is 2.41. The highest BCUT2D eigenvalue weighted by atomic mass is 32.2. The third-order valence-electron chi connectivity index (χ3n) is 4.51. The zero-order chi connectivity index (χ0) is 17.5. The largest absolute Gasteiger partial charge is 0.357 e. The Morgan fingerprint density at radius 2 is 1.88 bits per heavy atom. The molecule has 0 bridgehead atoms. The van der Waals surface area contributed by atoms with Gasteiger partial charge in [-0.05, 0) is 25.3 Å². The number of primary sulfonamides is 1. The van der Waals surface area contributed by atoms with Crippen molar-refractivity contribution in [3.63, 3.8) is 0 Å². The van der Waals surface area contributed by atoms with Crippen molar-refractivity contribution < 1.29 is 8.42 Å². The van der Waals surface area contributed by atoms with Crippen LogP contribution in [-0.4, -0.2) is 39.8 Å². The molecule has 0 saturated heterocycles. The second kappa shape index (κ2) is 8.48. The fraction of sp³-hybridized carbons (Fsp3) is 0.588. The number of rotatable bonds is 7. The zero-order valence-corrected chi connectivity index (χ0v) is 15.1. The number of hydrogen-bond donors (Lipinski definition) is 3. The quantitative estimate of drug-likeness (QED) is 0.510. The van der Waals surface area contributed by atoms with E-state index in [2.05, 4.69) is 34.9 Å². The molecule has 0 amide bonds. The van der Waals surface area contributed by atoms with E-state index in [1.54, 1.807) is 0 Å². The van der Waals surface area contributed by atoms with E-state index in [0.29, 0.717) is 12.5 Å². The van der Waals surface area contributed by atoms with Gasteiger partial charge in [0.05, 0.1) is 12.3 Å². The zero-order valence-electron chi connectivity index (χ0n) is 14.3. The third kappa shape index (κ3) is 5.49. The van der Waals surface area contributed by atoms with Crippen molar-refractivity contribution in [1.82, 2.24) is 10.6 Å². The minimum Gasteiger partial charge on any atom is -0.357 e. The van der Waals surface area contributed by atoms with Gasteiger partial charge in [0.25, 0.3) is 0 Å². The maximum atomic E-state index is 11.1. The minimum absolute atomic E-state index is 0.0869. The number of guanidine groups is 1. The molecule has 134 valence electrons. The molecule has 0 unspecified atom stereocenters. The fourth-order valence-electron chi connectivity index (χ4n) is 3.27. The molecule has 4 N–H and O–H groups in total. The van der Waals surface area contributed by atoms with Crippen molar-refractivity contribution in [1.29, 1.82) is 0 Å². The number of benzene rings is 1.